The van der Waals surface area contributed by atoms with Crippen molar-refractivity contribution in [3.8, 4) is 0 Å². The maximum atomic E-state index is 12.8. The number of carbonyl (C=O) groups excluding carboxylic acids is 1. The fourth-order valence-electron chi connectivity index (χ4n) is 1.26. The van der Waals surface area contributed by atoms with Crippen LogP contribution < -0.4 is 0 Å². The van der Waals surface area contributed by atoms with Gasteiger partial charge in [-0.1, -0.05) is 0 Å². The molecule has 0 saturated carbocycles. The molecule has 0 unspecified atom stereocenters. The molecule has 0 aliphatic heterocycles. The molecule has 0 amide bonds. The molecule has 0 aliphatic carbocycles. The molecule has 0 heterocycles. The van der Waals surface area contributed by atoms with Crippen LogP contribution in [-0.4, -0.2) is 11.6 Å². The average Bonchev–Trinajstić information content (AvgIpc) is 1.96. The summed E-state index contributed by atoms with van der Waals surface area (Å²) in [4.78, 5) is 11.4. The second-order valence-electron chi connectivity index (χ2n) is 4.54. The fourth-order valence-corrected chi connectivity index (χ4v) is 1.26. The number of carbonyl (C=O) groups is 1. The molecular formula is C12H14F2O2. The minimum absolute atomic E-state index is 0.133. The van der Waals surface area contributed by atoms with E-state index in [9.17, 15) is 13.6 Å². The normalized spacial score (nSPS) is 11.3. The Labute approximate surface area is 93.2 Å². The van der Waals surface area contributed by atoms with Gasteiger partial charge in [0, 0.05) is 6.07 Å². The first-order valence-electron chi connectivity index (χ1n) is 4.93. The molecule has 1 rings (SSSR count). The zero-order valence-electron chi connectivity index (χ0n) is 9.51. The van der Waals surface area contributed by atoms with Crippen molar-refractivity contribution < 1.29 is 18.3 Å². The largest absolute Gasteiger partial charge is 0.460 e. The van der Waals surface area contributed by atoms with E-state index in [1.807, 2.05) is 0 Å². The Hall–Kier alpha value is -1.45. The number of esters is 1. The van der Waals surface area contributed by atoms with E-state index >= 15 is 0 Å². The van der Waals surface area contributed by atoms with Crippen LogP contribution in [0.3, 0.4) is 0 Å². The van der Waals surface area contributed by atoms with Gasteiger partial charge < -0.3 is 4.74 Å². The standard InChI is InChI=1S/C12H14F2O2/c1-12(2,3)16-11(15)6-8-4-9(13)7-10(14)5-8/h4-5,7H,6H2,1-3H3. The summed E-state index contributed by atoms with van der Waals surface area (Å²) in [6.07, 6.45) is -0.133. The quantitative estimate of drug-likeness (QED) is 0.727. The van der Waals surface area contributed by atoms with Gasteiger partial charge in [-0.05, 0) is 38.5 Å². The van der Waals surface area contributed by atoms with Crippen molar-refractivity contribution in [1.82, 2.24) is 0 Å². The molecule has 0 fully saturated rings. The highest BCUT2D eigenvalue weighted by Gasteiger charge is 2.16. The van der Waals surface area contributed by atoms with E-state index in [4.69, 9.17) is 4.74 Å². The van der Waals surface area contributed by atoms with E-state index in [0.29, 0.717) is 0 Å². The first-order chi connectivity index (χ1) is 7.26. The van der Waals surface area contributed by atoms with E-state index < -0.39 is 23.2 Å². The number of benzene rings is 1. The van der Waals surface area contributed by atoms with Crippen molar-refractivity contribution in [3.05, 3.63) is 35.4 Å². The zero-order chi connectivity index (χ0) is 12.3. The van der Waals surface area contributed by atoms with Gasteiger partial charge >= 0.3 is 5.97 Å². The van der Waals surface area contributed by atoms with Crippen LogP contribution in [0.5, 0.6) is 0 Å². The van der Waals surface area contributed by atoms with E-state index in [-0.39, 0.29) is 12.0 Å². The van der Waals surface area contributed by atoms with Crippen LogP contribution in [0.2, 0.25) is 0 Å². The van der Waals surface area contributed by atoms with E-state index in [0.717, 1.165) is 18.2 Å². The maximum Gasteiger partial charge on any atom is 0.310 e. The van der Waals surface area contributed by atoms with Crippen LogP contribution in [0.25, 0.3) is 0 Å². The smallest absolute Gasteiger partial charge is 0.310 e. The first kappa shape index (κ1) is 12.6. The Morgan fingerprint density at radius 1 is 1.19 bits per heavy atom. The van der Waals surface area contributed by atoms with Crippen molar-refractivity contribution in [2.24, 2.45) is 0 Å². The Morgan fingerprint density at radius 2 is 1.69 bits per heavy atom. The van der Waals surface area contributed by atoms with Crippen molar-refractivity contribution in [2.45, 2.75) is 32.8 Å². The molecule has 16 heavy (non-hydrogen) atoms. The van der Waals surface area contributed by atoms with E-state index in [1.165, 1.54) is 0 Å². The molecule has 0 aromatic heterocycles. The van der Waals surface area contributed by atoms with Crippen LogP contribution in [0.1, 0.15) is 26.3 Å². The summed E-state index contributed by atoms with van der Waals surface area (Å²) in [5.74, 6) is -1.89. The monoisotopic (exact) mass is 228 g/mol. The maximum absolute atomic E-state index is 12.8. The van der Waals surface area contributed by atoms with Crippen molar-refractivity contribution in [2.75, 3.05) is 0 Å². The van der Waals surface area contributed by atoms with Gasteiger partial charge in [-0.25, -0.2) is 8.78 Å². The zero-order valence-corrected chi connectivity index (χ0v) is 9.51. The number of hydrogen-bond donors (Lipinski definition) is 0. The lowest BCUT2D eigenvalue weighted by molar-refractivity contribution is -0.153. The minimum atomic E-state index is -0.696. The van der Waals surface area contributed by atoms with Gasteiger partial charge in [-0.2, -0.15) is 0 Å². The molecule has 0 aliphatic rings. The summed E-state index contributed by atoms with van der Waals surface area (Å²) in [6.45, 7) is 5.20. The summed E-state index contributed by atoms with van der Waals surface area (Å²) in [5, 5.41) is 0. The van der Waals surface area contributed by atoms with E-state index in [1.54, 1.807) is 20.8 Å². The molecular weight excluding hydrogens is 214 g/mol. The van der Waals surface area contributed by atoms with E-state index in [2.05, 4.69) is 0 Å². The third kappa shape index (κ3) is 4.38. The predicted molar refractivity (Wildman–Crippen MR) is 55.9 cm³/mol. The van der Waals surface area contributed by atoms with Crippen LogP contribution in [-0.2, 0) is 16.0 Å². The molecule has 0 saturated heterocycles. The Bertz CT molecular complexity index is 374. The molecule has 88 valence electrons. The summed E-state index contributed by atoms with van der Waals surface area (Å²) in [6, 6.07) is 3.00. The number of ether oxygens (including phenoxy) is 1. The summed E-state index contributed by atoms with van der Waals surface area (Å²) >= 11 is 0. The predicted octanol–water partition coefficient (Wildman–Crippen LogP) is 2.85. The second-order valence-corrected chi connectivity index (χ2v) is 4.54. The second kappa shape index (κ2) is 4.60. The van der Waals surface area contributed by atoms with Crippen molar-refractivity contribution >= 4 is 5.97 Å². The van der Waals surface area contributed by atoms with Gasteiger partial charge in [0.05, 0.1) is 6.42 Å². The Balaban J connectivity index is 2.70. The molecule has 0 spiro atoms. The molecule has 0 N–H and O–H groups in total. The molecule has 0 radical (unpaired) electrons. The van der Waals surface area contributed by atoms with Gasteiger partial charge in [-0.15, -0.1) is 0 Å². The highest BCUT2D eigenvalue weighted by Crippen LogP contribution is 2.12. The van der Waals surface area contributed by atoms with Crippen LogP contribution >= 0.6 is 0 Å². The van der Waals surface area contributed by atoms with Crippen molar-refractivity contribution in [3.63, 3.8) is 0 Å². The van der Waals surface area contributed by atoms with Crippen LogP contribution in [0.4, 0.5) is 8.78 Å². The van der Waals surface area contributed by atoms with Crippen molar-refractivity contribution in [1.29, 1.82) is 0 Å². The van der Waals surface area contributed by atoms with Gasteiger partial charge in [0.25, 0.3) is 0 Å². The highest BCUT2D eigenvalue weighted by atomic mass is 19.1. The third-order valence-electron chi connectivity index (χ3n) is 1.69. The molecule has 4 heteroatoms. The Morgan fingerprint density at radius 3 is 2.12 bits per heavy atom. The lowest BCUT2D eigenvalue weighted by Crippen LogP contribution is -2.24. The SMILES string of the molecule is CC(C)(C)OC(=O)Cc1cc(F)cc(F)c1. The summed E-state index contributed by atoms with van der Waals surface area (Å²) < 4.78 is 30.7. The lowest BCUT2D eigenvalue weighted by atomic mass is 10.1. The highest BCUT2D eigenvalue weighted by molar-refractivity contribution is 5.72. The number of halogens is 2. The number of rotatable bonds is 2. The summed E-state index contributed by atoms with van der Waals surface area (Å²) in [5.41, 5.74) is -0.324. The molecule has 0 atom stereocenters. The van der Waals surface area contributed by atoms with Gasteiger partial charge in [0.2, 0.25) is 0 Å². The summed E-state index contributed by atoms with van der Waals surface area (Å²) in [7, 11) is 0. The van der Waals surface area contributed by atoms with Gasteiger partial charge in [0.15, 0.2) is 0 Å². The van der Waals surface area contributed by atoms with Crippen LogP contribution in [0.15, 0.2) is 18.2 Å². The van der Waals surface area contributed by atoms with Gasteiger partial charge in [-0.3, -0.25) is 4.79 Å². The lowest BCUT2D eigenvalue weighted by Gasteiger charge is -2.19. The van der Waals surface area contributed by atoms with Crippen LogP contribution in [0, 0.1) is 11.6 Å². The minimum Gasteiger partial charge on any atom is -0.460 e. The fraction of sp³-hybridized carbons (Fsp3) is 0.417. The average molecular weight is 228 g/mol. The molecule has 1 aromatic carbocycles. The molecule has 1 aromatic rings. The molecule has 0 bridgehead atoms. The van der Waals surface area contributed by atoms with Gasteiger partial charge in [0.1, 0.15) is 17.2 Å². The first-order valence-corrected chi connectivity index (χ1v) is 4.93. The topological polar surface area (TPSA) is 26.3 Å². The Kier molecular flexibility index (Phi) is 3.62. The number of hydrogen-bond acceptors (Lipinski definition) is 2. The molecule has 2 nitrogen and oxygen atoms in total. The third-order valence-corrected chi connectivity index (χ3v) is 1.69.